The Labute approximate surface area is 131 Å². The Bertz CT molecular complexity index is 278. The highest BCUT2D eigenvalue weighted by atomic mass is 16.3. The first-order valence-electron chi connectivity index (χ1n) is 9.27. The van der Waals surface area contributed by atoms with Gasteiger partial charge in [0, 0.05) is 13.0 Å². The Morgan fingerprint density at radius 2 is 1.52 bits per heavy atom. The van der Waals surface area contributed by atoms with Crippen LogP contribution in [0.2, 0.25) is 0 Å². The molecule has 1 aliphatic heterocycles. The van der Waals surface area contributed by atoms with Crippen LogP contribution < -0.4 is 0 Å². The van der Waals surface area contributed by atoms with Gasteiger partial charge in [0.2, 0.25) is 0 Å². The predicted octanol–water partition coefficient (Wildman–Crippen LogP) is 4.74. The van der Waals surface area contributed by atoms with Crippen LogP contribution in [0.5, 0.6) is 0 Å². The van der Waals surface area contributed by atoms with E-state index < -0.39 is 0 Å². The summed E-state index contributed by atoms with van der Waals surface area (Å²) < 4.78 is 0. The van der Waals surface area contributed by atoms with Crippen LogP contribution in [0.15, 0.2) is 4.99 Å². The lowest BCUT2D eigenvalue weighted by atomic mass is 10.1. The predicted molar refractivity (Wildman–Crippen MR) is 91.8 cm³/mol. The third-order valence-electron chi connectivity index (χ3n) is 4.45. The van der Waals surface area contributed by atoms with Crippen molar-refractivity contribution in [3.63, 3.8) is 0 Å². The Balaban J connectivity index is 1.94. The first kappa shape index (κ1) is 18.5. The van der Waals surface area contributed by atoms with Gasteiger partial charge in [-0.05, 0) is 12.8 Å². The number of rotatable bonds is 13. The molecule has 1 heterocycles. The molecular weight excluding hydrogens is 260 g/mol. The number of aliphatic imine (C=N–C) groups is 1. The number of hydrogen-bond donors (Lipinski definition) is 1. The van der Waals surface area contributed by atoms with Gasteiger partial charge < -0.3 is 10.0 Å². The first-order valence-corrected chi connectivity index (χ1v) is 9.27. The molecule has 0 spiro atoms. The molecule has 1 unspecified atom stereocenters. The average molecular weight is 296 g/mol. The summed E-state index contributed by atoms with van der Waals surface area (Å²) in [5, 5.41) is 9.93. The summed E-state index contributed by atoms with van der Waals surface area (Å²) in [7, 11) is 0. The van der Waals surface area contributed by atoms with Crippen LogP contribution in [0, 0.1) is 0 Å². The Morgan fingerprint density at radius 1 is 0.952 bits per heavy atom. The number of hydrogen-bond acceptors (Lipinski definition) is 3. The minimum Gasteiger partial charge on any atom is -0.374 e. The Morgan fingerprint density at radius 3 is 2.10 bits per heavy atom. The number of unbranched alkanes of at least 4 members (excludes halogenated alkanes) is 9. The molecule has 1 atom stereocenters. The molecule has 0 radical (unpaired) electrons. The SMILES string of the molecule is CCCCCCCCCCCCC1=NCCN1C(O)CC. The van der Waals surface area contributed by atoms with Gasteiger partial charge in [-0.3, -0.25) is 4.99 Å². The Kier molecular flexibility index (Phi) is 10.6. The molecule has 0 fully saturated rings. The smallest absolute Gasteiger partial charge is 0.127 e. The largest absolute Gasteiger partial charge is 0.374 e. The number of nitrogens with zero attached hydrogens (tertiary/aromatic N) is 2. The van der Waals surface area contributed by atoms with Crippen LogP contribution in [0.1, 0.15) is 90.9 Å². The standard InChI is InChI=1S/C18H36N2O/c1-3-5-6-7-8-9-10-11-12-13-14-17-19-15-16-20(17)18(21)4-2/h18,21H,3-16H2,1-2H3. The molecule has 0 bridgehead atoms. The van der Waals surface area contributed by atoms with Crippen LogP contribution in [0.4, 0.5) is 0 Å². The summed E-state index contributed by atoms with van der Waals surface area (Å²) in [6.45, 7) is 6.07. The molecule has 3 heteroatoms. The van der Waals surface area contributed by atoms with E-state index in [1.54, 1.807) is 0 Å². The highest BCUT2D eigenvalue weighted by molar-refractivity contribution is 5.83. The molecule has 1 rings (SSSR count). The van der Waals surface area contributed by atoms with Gasteiger partial charge in [0.25, 0.3) is 0 Å². The van der Waals surface area contributed by atoms with E-state index in [1.807, 2.05) is 6.92 Å². The zero-order valence-corrected chi connectivity index (χ0v) is 14.3. The monoisotopic (exact) mass is 296 g/mol. The molecule has 0 aromatic rings. The van der Waals surface area contributed by atoms with Crippen molar-refractivity contribution in [3.8, 4) is 0 Å². The van der Waals surface area contributed by atoms with Gasteiger partial charge in [-0.1, -0.05) is 71.6 Å². The van der Waals surface area contributed by atoms with Gasteiger partial charge in [-0.2, -0.15) is 0 Å². The second-order valence-corrected chi connectivity index (χ2v) is 6.31. The summed E-state index contributed by atoms with van der Waals surface area (Å²) in [6.07, 6.45) is 15.2. The maximum absolute atomic E-state index is 9.93. The molecule has 0 saturated carbocycles. The first-order chi connectivity index (χ1) is 10.3. The normalized spacial score (nSPS) is 16.3. The number of amidine groups is 1. The molecule has 3 nitrogen and oxygen atoms in total. The number of aliphatic hydroxyl groups excluding tert-OH is 1. The van der Waals surface area contributed by atoms with Crippen molar-refractivity contribution >= 4 is 5.84 Å². The second kappa shape index (κ2) is 12.0. The van der Waals surface area contributed by atoms with Gasteiger partial charge in [-0.25, -0.2) is 0 Å². The van der Waals surface area contributed by atoms with Crippen LogP contribution in [0.25, 0.3) is 0 Å². The van der Waals surface area contributed by atoms with Crippen LogP contribution in [0.3, 0.4) is 0 Å². The van der Waals surface area contributed by atoms with Gasteiger partial charge in [0.15, 0.2) is 0 Å². The zero-order valence-electron chi connectivity index (χ0n) is 14.3. The fourth-order valence-electron chi connectivity index (χ4n) is 3.04. The maximum Gasteiger partial charge on any atom is 0.127 e. The van der Waals surface area contributed by atoms with E-state index in [-0.39, 0.29) is 6.23 Å². The van der Waals surface area contributed by atoms with Gasteiger partial charge in [-0.15, -0.1) is 0 Å². The third-order valence-corrected chi connectivity index (χ3v) is 4.45. The van der Waals surface area contributed by atoms with Crippen molar-refractivity contribution in [3.05, 3.63) is 0 Å². The molecule has 1 aliphatic rings. The fraction of sp³-hybridized carbons (Fsp3) is 0.944. The van der Waals surface area contributed by atoms with E-state index in [0.29, 0.717) is 0 Å². The van der Waals surface area contributed by atoms with Gasteiger partial charge in [0.1, 0.15) is 12.1 Å². The Hall–Kier alpha value is -0.570. The number of aliphatic hydroxyl groups is 1. The van der Waals surface area contributed by atoms with Crippen LogP contribution >= 0.6 is 0 Å². The minimum atomic E-state index is -0.325. The molecule has 0 aliphatic carbocycles. The van der Waals surface area contributed by atoms with Crippen molar-refractivity contribution in [2.45, 2.75) is 97.1 Å². The average Bonchev–Trinajstić information content (AvgIpc) is 2.97. The highest BCUT2D eigenvalue weighted by Crippen LogP contribution is 2.15. The van der Waals surface area contributed by atoms with E-state index >= 15 is 0 Å². The van der Waals surface area contributed by atoms with E-state index in [1.165, 1.54) is 64.2 Å². The second-order valence-electron chi connectivity index (χ2n) is 6.31. The van der Waals surface area contributed by atoms with Crippen molar-refractivity contribution in [1.82, 2.24) is 4.90 Å². The molecule has 21 heavy (non-hydrogen) atoms. The lowest BCUT2D eigenvalue weighted by molar-refractivity contribution is 0.0558. The van der Waals surface area contributed by atoms with Crippen molar-refractivity contribution in [1.29, 1.82) is 0 Å². The fourth-order valence-corrected chi connectivity index (χ4v) is 3.04. The van der Waals surface area contributed by atoms with E-state index in [2.05, 4.69) is 16.8 Å². The highest BCUT2D eigenvalue weighted by Gasteiger charge is 2.21. The third kappa shape index (κ3) is 7.85. The molecule has 124 valence electrons. The topological polar surface area (TPSA) is 35.8 Å². The van der Waals surface area contributed by atoms with E-state index in [0.717, 1.165) is 31.8 Å². The van der Waals surface area contributed by atoms with E-state index in [9.17, 15) is 5.11 Å². The summed E-state index contributed by atoms with van der Waals surface area (Å²) >= 11 is 0. The van der Waals surface area contributed by atoms with Crippen LogP contribution in [-0.2, 0) is 0 Å². The maximum atomic E-state index is 9.93. The van der Waals surface area contributed by atoms with Crippen molar-refractivity contribution < 1.29 is 5.11 Å². The lowest BCUT2D eigenvalue weighted by Gasteiger charge is -2.25. The summed E-state index contributed by atoms with van der Waals surface area (Å²) in [5.41, 5.74) is 0. The van der Waals surface area contributed by atoms with Crippen molar-refractivity contribution in [2.75, 3.05) is 13.1 Å². The quantitative estimate of drug-likeness (QED) is 0.498. The molecular formula is C18H36N2O. The van der Waals surface area contributed by atoms with Gasteiger partial charge >= 0.3 is 0 Å². The molecule has 0 aromatic heterocycles. The molecule has 1 N–H and O–H groups in total. The molecule has 0 aromatic carbocycles. The summed E-state index contributed by atoms with van der Waals surface area (Å²) in [6, 6.07) is 0. The van der Waals surface area contributed by atoms with Gasteiger partial charge in [0.05, 0.1) is 6.54 Å². The minimum absolute atomic E-state index is 0.325. The van der Waals surface area contributed by atoms with Crippen LogP contribution in [-0.4, -0.2) is 35.2 Å². The zero-order chi connectivity index (χ0) is 15.3. The van der Waals surface area contributed by atoms with Crippen molar-refractivity contribution in [2.24, 2.45) is 4.99 Å². The summed E-state index contributed by atoms with van der Waals surface area (Å²) in [5.74, 6) is 1.14. The lowest BCUT2D eigenvalue weighted by Crippen LogP contribution is -2.37. The van der Waals surface area contributed by atoms with E-state index in [4.69, 9.17) is 0 Å². The molecule has 0 amide bonds. The summed E-state index contributed by atoms with van der Waals surface area (Å²) in [4.78, 5) is 6.64. The molecule has 0 saturated heterocycles.